The number of nitrogens with one attached hydrogen (secondary N) is 1. The van der Waals surface area contributed by atoms with Gasteiger partial charge in [-0.2, -0.15) is 0 Å². The minimum atomic E-state index is 0.545. The van der Waals surface area contributed by atoms with E-state index in [4.69, 9.17) is 4.98 Å². The number of rotatable bonds is 6. The van der Waals surface area contributed by atoms with Gasteiger partial charge in [0.05, 0.1) is 11.4 Å². The van der Waals surface area contributed by atoms with Crippen LogP contribution in [0, 0.1) is 0 Å². The number of fused-ring (bicyclic) bond motifs is 1. The lowest BCUT2D eigenvalue weighted by Crippen LogP contribution is -2.45. The molecule has 1 atom stereocenters. The van der Waals surface area contributed by atoms with E-state index in [-0.39, 0.29) is 0 Å². The number of pyridine rings is 1. The number of hydrogen-bond donors (Lipinski definition) is 1. The van der Waals surface area contributed by atoms with Crippen LogP contribution < -0.4 is 5.32 Å². The molecule has 3 aromatic rings. The van der Waals surface area contributed by atoms with Crippen molar-refractivity contribution >= 4 is 5.65 Å². The number of imidazole rings is 1. The van der Waals surface area contributed by atoms with Crippen molar-refractivity contribution < 1.29 is 0 Å². The minimum Gasteiger partial charge on any atom is -0.315 e. The van der Waals surface area contributed by atoms with Gasteiger partial charge in [-0.15, -0.1) is 0 Å². The summed E-state index contributed by atoms with van der Waals surface area (Å²) in [5.74, 6) is 0.545. The average molecular weight is 377 g/mol. The number of benzene rings is 1. The summed E-state index contributed by atoms with van der Waals surface area (Å²) in [7, 11) is 0. The van der Waals surface area contributed by atoms with E-state index in [1.54, 1.807) is 0 Å². The molecule has 4 heteroatoms. The molecule has 2 aromatic heterocycles. The summed E-state index contributed by atoms with van der Waals surface area (Å²) >= 11 is 0. The lowest BCUT2D eigenvalue weighted by Gasteiger charge is -2.34. The standard InChI is InChI=1S/C24H32N4/c1-4-27(21-8-7-14-25-16-21)17-22-24(26-23-9-5-6-15-28(22)23)20-12-10-19(11-13-20)18(2)3/h5-6,9-13,15,18,21,25H,4,7-8,14,16-17H2,1-3H3. The number of aromatic nitrogens is 2. The number of hydrogen-bond acceptors (Lipinski definition) is 3. The van der Waals surface area contributed by atoms with Gasteiger partial charge in [0.2, 0.25) is 0 Å². The molecule has 0 radical (unpaired) electrons. The van der Waals surface area contributed by atoms with Crippen molar-refractivity contribution in [1.29, 1.82) is 0 Å². The Morgan fingerprint density at radius 3 is 2.68 bits per heavy atom. The Morgan fingerprint density at radius 1 is 1.18 bits per heavy atom. The molecule has 0 amide bonds. The van der Waals surface area contributed by atoms with Crippen LogP contribution in [-0.2, 0) is 6.54 Å². The summed E-state index contributed by atoms with van der Waals surface area (Å²) in [4.78, 5) is 7.62. The predicted molar refractivity (Wildman–Crippen MR) is 117 cm³/mol. The molecule has 0 spiro atoms. The molecule has 0 aliphatic carbocycles. The highest BCUT2D eigenvalue weighted by Gasteiger charge is 2.23. The van der Waals surface area contributed by atoms with Crippen LogP contribution in [0.1, 0.15) is 50.8 Å². The van der Waals surface area contributed by atoms with E-state index in [1.165, 1.54) is 29.7 Å². The maximum absolute atomic E-state index is 5.01. The van der Waals surface area contributed by atoms with Crippen LogP contribution in [0.2, 0.25) is 0 Å². The second-order valence-corrected chi connectivity index (χ2v) is 8.18. The van der Waals surface area contributed by atoms with E-state index >= 15 is 0 Å². The maximum atomic E-state index is 5.01. The fourth-order valence-corrected chi connectivity index (χ4v) is 4.29. The van der Waals surface area contributed by atoms with Crippen LogP contribution in [0.5, 0.6) is 0 Å². The molecule has 0 saturated carbocycles. The summed E-state index contributed by atoms with van der Waals surface area (Å²) in [6.07, 6.45) is 4.68. The third kappa shape index (κ3) is 3.85. The molecule has 0 bridgehead atoms. The van der Waals surface area contributed by atoms with Gasteiger partial charge in [0.25, 0.3) is 0 Å². The van der Waals surface area contributed by atoms with Crippen LogP contribution in [0.4, 0.5) is 0 Å². The van der Waals surface area contributed by atoms with Gasteiger partial charge >= 0.3 is 0 Å². The number of piperidine rings is 1. The molecule has 28 heavy (non-hydrogen) atoms. The summed E-state index contributed by atoms with van der Waals surface area (Å²) in [6, 6.07) is 15.8. The highest BCUT2D eigenvalue weighted by atomic mass is 15.2. The average Bonchev–Trinajstić information content (AvgIpc) is 3.11. The smallest absolute Gasteiger partial charge is 0.137 e. The first-order valence-electron chi connectivity index (χ1n) is 10.7. The van der Waals surface area contributed by atoms with Crippen LogP contribution in [0.15, 0.2) is 48.7 Å². The van der Waals surface area contributed by atoms with E-state index in [0.717, 1.165) is 37.5 Å². The molecule has 1 aliphatic heterocycles. The van der Waals surface area contributed by atoms with E-state index in [9.17, 15) is 0 Å². The lowest BCUT2D eigenvalue weighted by atomic mass is 10.00. The van der Waals surface area contributed by atoms with Crippen LogP contribution in [-0.4, -0.2) is 40.0 Å². The van der Waals surface area contributed by atoms with Gasteiger partial charge in [-0.3, -0.25) is 4.90 Å². The molecular weight excluding hydrogens is 344 g/mol. The SMILES string of the molecule is CCN(Cc1c(-c2ccc(C(C)C)cc2)nc2ccccn12)C1CCCNC1. The highest BCUT2D eigenvalue weighted by molar-refractivity contribution is 5.67. The molecule has 1 saturated heterocycles. The first-order chi connectivity index (χ1) is 13.7. The summed E-state index contributed by atoms with van der Waals surface area (Å²) < 4.78 is 2.27. The zero-order chi connectivity index (χ0) is 19.5. The highest BCUT2D eigenvalue weighted by Crippen LogP contribution is 2.28. The molecule has 1 aromatic carbocycles. The number of nitrogens with zero attached hydrogens (tertiary/aromatic N) is 3. The Kier molecular flexibility index (Phi) is 5.79. The van der Waals surface area contributed by atoms with Crippen molar-refractivity contribution in [2.45, 2.75) is 52.1 Å². The van der Waals surface area contributed by atoms with Crippen molar-refractivity contribution in [2.24, 2.45) is 0 Å². The Balaban J connectivity index is 1.72. The molecule has 4 nitrogen and oxygen atoms in total. The molecule has 1 aliphatic rings. The predicted octanol–water partition coefficient (Wildman–Crippen LogP) is 4.70. The molecule has 1 fully saturated rings. The topological polar surface area (TPSA) is 32.6 Å². The molecule has 1 N–H and O–H groups in total. The van der Waals surface area contributed by atoms with E-state index < -0.39 is 0 Å². The van der Waals surface area contributed by atoms with E-state index in [0.29, 0.717) is 12.0 Å². The van der Waals surface area contributed by atoms with Crippen LogP contribution in [0.25, 0.3) is 16.9 Å². The van der Waals surface area contributed by atoms with Crippen molar-refractivity contribution in [2.75, 3.05) is 19.6 Å². The monoisotopic (exact) mass is 376 g/mol. The third-order valence-electron chi connectivity index (χ3n) is 6.03. The summed E-state index contributed by atoms with van der Waals surface area (Å²) in [5.41, 5.74) is 6.01. The number of likely N-dealkylation sites (N-methyl/N-ethyl adjacent to an activating group) is 1. The van der Waals surface area contributed by atoms with Gasteiger partial charge in [-0.25, -0.2) is 4.98 Å². The zero-order valence-electron chi connectivity index (χ0n) is 17.4. The largest absolute Gasteiger partial charge is 0.315 e. The van der Waals surface area contributed by atoms with Gasteiger partial charge in [-0.1, -0.05) is 51.1 Å². The van der Waals surface area contributed by atoms with Crippen LogP contribution >= 0.6 is 0 Å². The van der Waals surface area contributed by atoms with Gasteiger partial charge in [0.1, 0.15) is 5.65 Å². The quantitative estimate of drug-likeness (QED) is 0.677. The second kappa shape index (κ2) is 8.46. The summed E-state index contributed by atoms with van der Waals surface area (Å²) in [6.45, 7) is 11.0. The Labute approximate surface area is 168 Å². The van der Waals surface area contributed by atoms with Gasteiger partial charge in [-0.05, 0) is 49.5 Å². The van der Waals surface area contributed by atoms with Crippen molar-refractivity contribution in [3.63, 3.8) is 0 Å². The molecule has 4 rings (SSSR count). The Morgan fingerprint density at radius 2 is 2.00 bits per heavy atom. The van der Waals surface area contributed by atoms with Gasteiger partial charge in [0, 0.05) is 30.9 Å². The lowest BCUT2D eigenvalue weighted by molar-refractivity contribution is 0.164. The van der Waals surface area contributed by atoms with Crippen LogP contribution in [0.3, 0.4) is 0 Å². The summed E-state index contributed by atoms with van der Waals surface area (Å²) in [5, 5.41) is 3.57. The first kappa shape index (κ1) is 19.2. The Bertz CT molecular complexity index is 904. The molecule has 1 unspecified atom stereocenters. The normalized spacial score (nSPS) is 17.7. The van der Waals surface area contributed by atoms with E-state index in [1.807, 2.05) is 0 Å². The fraction of sp³-hybridized carbons (Fsp3) is 0.458. The third-order valence-corrected chi connectivity index (χ3v) is 6.03. The Hall–Kier alpha value is -2.17. The van der Waals surface area contributed by atoms with Crippen molar-refractivity contribution in [1.82, 2.24) is 19.6 Å². The first-order valence-corrected chi connectivity index (χ1v) is 10.7. The fourth-order valence-electron chi connectivity index (χ4n) is 4.29. The maximum Gasteiger partial charge on any atom is 0.137 e. The van der Waals surface area contributed by atoms with E-state index in [2.05, 4.69) is 84.1 Å². The van der Waals surface area contributed by atoms with Crippen molar-refractivity contribution in [3.05, 3.63) is 59.9 Å². The second-order valence-electron chi connectivity index (χ2n) is 8.18. The van der Waals surface area contributed by atoms with Crippen molar-refractivity contribution in [3.8, 4) is 11.3 Å². The molecular formula is C24H32N4. The minimum absolute atomic E-state index is 0.545. The zero-order valence-corrected chi connectivity index (χ0v) is 17.4. The van der Waals surface area contributed by atoms with Gasteiger partial charge < -0.3 is 9.72 Å². The van der Waals surface area contributed by atoms with Gasteiger partial charge in [0.15, 0.2) is 0 Å². The molecule has 148 valence electrons. The molecule has 3 heterocycles.